The number of ether oxygens (including phenoxy) is 1. The van der Waals surface area contributed by atoms with Gasteiger partial charge in [-0.3, -0.25) is 9.59 Å². The summed E-state index contributed by atoms with van der Waals surface area (Å²) in [7, 11) is 0. The average Bonchev–Trinajstić information content (AvgIpc) is 2.71. The summed E-state index contributed by atoms with van der Waals surface area (Å²) >= 11 is 12.2. The Balaban J connectivity index is 1.70. The number of carbonyl (C=O) groups excluding carboxylic acids is 3. The molecule has 0 bridgehead atoms. The molecule has 1 aliphatic carbocycles. The van der Waals surface area contributed by atoms with Gasteiger partial charge in [0.15, 0.2) is 11.6 Å². The lowest BCUT2D eigenvalue weighted by Gasteiger charge is -2.19. The van der Waals surface area contributed by atoms with Crippen molar-refractivity contribution < 1.29 is 19.1 Å². The number of esters is 1. The normalized spacial score (nSPS) is 12.4. The summed E-state index contributed by atoms with van der Waals surface area (Å²) in [6.45, 7) is -0.153. The van der Waals surface area contributed by atoms with E-state index >= 15 is 0 Å². The Morgan fingerprint density at radius 2 is 1.32 bits per heavy atom. The number of carbonyl (C=O) groups is 3. The summed E-state index contributed by atoms with van der Waals surface area (Å²) in [5.74, 6) is -1.41. The van der Waals surface area contributed by atoms with Crippen LogP contribution < -0.4 is 0 Å². The number of hydrogen-bond donors (Lipinski definition) is 0. The van der Waals surface area contributed by atoms with E-state index in [2.05, 4.69) is 0 Å². The van der Waals surface area contributed by atoms with E-state index in [1.165, 1.54) is 12.1 Å². The highest BCUT2D eigenvalue weighted by Gasteiger charge is 2.33. The first-order chi connectivity index (χ1) is 13.5. The molecule has 0 saturated heterocycles. The molecule has 138 valence electrons. The molecule has 0 heterocycles. The molecule has 6 heteroatoms. The van der Waals surface area contributed by atoms with Crippen molar-refractivity contribution in [3.63, 3.8) is 0 Å². The molecule has 0 radical (unpaired) electrons. The van der Waals surface area contributed by atoms with Crippen LogP contribution in [0.15, 0.2) is 60.7 Å². The van der Waals surface area contributed by atoms with Gasteiger partial charge in [0, 0.05) is 37.9 Å². The van der Waals surface area contributed by atoms with Gasteiger partial charge < -0.3 is 4.74 Å². The largest absolute Gasteiger partial charge is 0.457 e. The Hall–Kier alpha value is -2.95. The van der Waals surface area contributed by atoms with Gasteiger partial charge in [0.2, 0.25) is 0 Å². The van der Waals surface area contributed by atoms with Crippen LogP contribution in [0.1, 0.15) is 47.8 Å². The molecule has 0 unspecified atom stereocenters. The van der Waals surface area contributed by atoms with Crippen molar-refractivity contribution in [2.45, 2.75) is 6.61 Å². The summed E-state index contributed by atoms with van der Waals surface area (Å²) in [4.78, 5) is 38.4. The first kappa shape index (κ1) is 18.4. The highest BCUT2D eigenvalue weighted by molar-refractivity contribution is 6.36. The van der Waals surface area contributed by atoms with Crippen LogP contribution in [0.5, 0.6) is 0 Å². The van der Waals surface area contributed by atoms with Crippen LogP contribution in [0.2, 0.25) is 10.0 Å². The van der Waals surface area contributed by atoms with E-state index in [1.807, 2.05) is 0 Å². The van der Waals surface area contributed by atoms with Gasteiger partial charge in [0.05, 0.1) is 5.56 Å². The second kappa shape index (κ2) is 7.23. The maximum absolute atomic E-state index is 13.0. The zero-order chi connectivity index (χ0) is 19.8. The molecule has 0 aliphatic heterocycles. The van der Waals surface area contributed by atoms with Gasteiger partial charge >= 0.3 is 5.97 Å². The molecule has 4 rings (SSSR count). The second-order valence-corrected chi connectivity index (χ2v) is 7.02. The van der Waals surface area contributed by atoms with Crippen LogP contribution in [-0.4, -0.2) is 17.5 Å². The van der Waals surface area contributed by atoms with Gasteiger partial charge in [0.25, 0.3) is 0 Å². The lowest BCUT2D eigenvalue weighted by Crippen LogP contribution is -2.24. The Bertz CT molecular complexity index is 1130. The molecule has 0 N–H and O–H groups in total. The van der Waals surface area contributed by atoms with Crippen molar-refractivity contribution in [3.8, 4) is 0 Å². The summed E-state index contributed by atoms with van der Waals surface area (Å²) in [6, 6.07) is 16.1. The number of fused-ring (bicyclic) bond motifs is 2. The molecule has 0 spiro atoms. The fourth-order valence-electron chi connectivity index (χ4n) is 3.20. The minimum Gasteiger partial charge on any atom is -0.457 e. The van der Waals surface area contributed by atoms with Crippen LogP contribution in [0.4, 0.5) is 0 Å². The molecule has 0 aromatic heterocycles. The smallest absolute Gasteiger partial charge is 0.339 e. The van der Waals surface area contributed by atoms with E-state index in [0.717, 1.165) is 0 Å². The minimum absolute atomic E-state index is 0.0357. The molecule has 1 aliphatic rings. The SMILES string of the molecule is O=C(OCc1c(Cl)cccc1Cl)c1cccc2c1C(=O)c1ccccc1C2=O. The van der Waals surface area contributed by atoms with Gasteiger partial charge in [-0.15, -0.1) is 0 Å². The molecule has 0 atom stereocenters. The van der Waals surface area contributed by atoms with E-state index in [-0.39, 0.29) is 40.4 Å². The average molecular weight is 411 g/mol. The highest BCUT2D eigenvalue weighted by atomic mass is 35.5. The molecule has 28 heavy (non-hydrogen) atoms. The van der Waals surface area contributed by atoms with Crippen LogP contribution >= 0.6 is 23.2 Å². The Morgan fingerprint density at radius 1 is 0.750 bits per heavy atom. The van der Waals surface area contributed by atoms with Gasteiger partial charge in [0.1, 0.15) is 6.61 Å². The van der Waals surface area contributed by atoms with Crippen molar-refractivity contribution in [3.05, 3.63) is 104 Å². The van der Waals surface area contributed by atoms with Gasteiger partial charge in [-0.05, 0) is 18.2 Å². The van der Waals surface area contributed by atoms with Crippen LogP contribution in [0, 0.1) is 0 Å². The number of hydrogen-bond acceptors (Lipinski definition) is 4. The predicted molar refractivity (Wildman–Crippen MR) is 105 cm³/mol. The van der Waals surface area contributed by atoms with Gasteiger partial charge in [-0.2, -0.15) is 0 Å². The molecular formula is C22H12Cl2O4. The lowest BCUT2D eigenvalue weighted by atomic mass is 9.82. The van der Waals surface area contributed by atoms with E-state index in [9.17, 15) is 14.4 Å². The lowest BCUT2D eigenvalue weighted by molar-refractivity contribution is 0.0470. The highest BCUT2D eigenvalue weighted by Crippen LogP contribution is 2.30. The molecule has 3 aromatic rings. The minimum atomic E-state index is -0.728. The van der Waals surface area contributed by atoms with Gasteiger partial charge in [-0.1, -0.05) is 65.7 Å². The van der Waals surface area contributed by atoms with E-state index in [1.54, 1.807) is 48.5 Å². The van der Waals surface area contributed by atoms with E-state index in [4.69, 9.17) is 27.9 Å². The van der Waals surface area contributed by atoms with E-state index < -0.39 is 5.97 Å². The number of rotatable bonds is 3. The molecule has 0 amide bonds. The first-order valence-electron chi connectivity index (χ1n) is 8.40. The molecule has 3 aromatic carbocycles. The summed E-state index contributed by atoms with van der Waals surface area (Å²) < 4.78 is 5.34. The van der Waals surface area contributed by atoms with Crippen LogP contribution in [0.3, 0.4) is 0 Å². The van der Waals surface area contributed by atoms with Crippen LogP contribution in [-0.2, 0) is 11.3 Å². The summed E-state index contributed by atoms with van der Waals surface area (Å²) in [5, 5.41) is 0.742. The first-order valence-corrected chi connectivity index (χ1v) is 9.16. The third kappa shape index (κ3) is 3.01. The fourth-order valence-corrected chi connectivity index (χ4v) is 3.71. The topological polar surface area (TPSA) is 60.4 Å². The van der Waals surface area contributed by atoms with Crippen LogP contribution in [0.25, 0.3) is 0 Å². The molecule has 4 nitrogen and oxygen atoms in total. The number of halogens is 2. The Morgan fingerprint density at radius 3 is 2.00 bits per heavy atom. The summed E-state index contributed by atoms with van der Waals surface area (Å²) in [5.41, 5.74) is 1.35. The van der Waals surface area contributed by atoms with E-state index in [0.29, 0.717) is 21.2 Å². The third-order valence-electron chi connectivity index (χ3n) is 4.58. The quantitative estimate of drug-likeness (QED) is 0.439. The van der Waals surface area contributed by atoms with Crippen molar-refractivity contribution in [1.82, 2.24) is 0 Å². The maximum atomic E-state index is 13.0. The standard InChI is InChI=1S/C22H12Cl2O4/c23-17-9-4-10-18(24)16(17)11-28-22(27)15-8-3-7-14-19(15)21(26)13-6-2-1-5-12(13)20(14)25/h1-10H,11H2. The van der Waals surface area contributed by atoms with Crippen molar-refractivity contribution in [2.75, 3.05) is 0 Å². The zero-order valence-electron chi connectivity index (χ0n) is 14.4. The third-order valence-corrected chi connectivity index (χ3v) is 5.29. The summed E-state index contributed by atoms with van der Waals surface area (Å²) in [6.07, 6.45) is 0. The number of ketones is 2. The molecular weight excluding hydrogens is 399 g/mol. The van der Waals surface area contributed by atoms with Crippen molar-refractivity contribution >= 4 is 40.7 Å². The molecule has 0 saturated carbocycles. The molecule has 0 fully saturated rings. The Labute approximate surface area is 170 Å². The fraction of sp³-hybridized carbons (Fsp3) is 0.0455. The Kier molecular flexibility index (Phi) is 4.75. The number of benzene rings is 3. The van der Waals surface area contributed by atoms with Crippen molar-refractivity contribution in [2.24, 2.45) is 0 Å². The zero-order valence-corrected chi connectivity index (χ0v) is 15.9. The second-order valence-electron chi connectivity index (χ2n) is 6.21. The van der Waals surface area contributed by atoms with Crippen molar-refractivity contribution in [1.29, 1.82) is 0 Å². The maximum Gasteiger partial charge on any atom is 0.339 e. The van der Waals surface area contributed by atoms with Gasteiger partial charge in [-0.25, -0.2) is 4.79 Å². The monoisotopic (exact) mass is 410 g/mol. The predicted octanol–water partition coefficient (Wildman–Crippen LogP) is 5.13.